The molecule has 0 saturated carbocycles. The van der Waals surface area contributed by atoms with E-state index in [2.05, 4.69) is 10.4 Å². The Bertz CT molecular complexity index is 108. The number of halogens is 2. The maximum atomic E-state index is 9.72. The third-order valence-corrected chi connectivity index (χ3v) is 1.27. The van der Waals surface area contributed by atoms with Crippen molar-refractivity contribution in [3.8, 4) is 0 Å². The van der Waals surface area contributed by atoms with Crippen LogP contribution in [0.1, 0.15) is 0 Å². The molecule has 0 N–H and O–H groups in total. The topological polar surface area (TPSA) is 58.9 Å². The van der Waals surface area contributed by atoms with Crippen LogP contribution in [0.5, 0.6) is 0 Å². The first-order chi connectivity index (χ1) is 4.22. The molecule has 0 aliphatic carbocycles. The summed E-state index contributed by atoms with van der Waals surface area (Å²) in [5, 5.41) is 4.89. The first kappa shape index (κ1) is 8.78. The van der Waals surface area contributed by atoms with Crippen molar-refractivity contribution in [2.45, 2.75) is 10.9 Å². The molecule has 6 heteroatoms. The van der Waals surface area contributed by atoms with Gasteiger partial charge in [0, 0.05) is 0 Å². The zero-order valence-corrected chi connectivity index (χ0v) is 5.84. The van der Waals surface area contributed by atoms with Crippen molar-refractivity contribution in [1.82, 2.24) is 0 Å². The van der Waals surface area contributed by atoms with Crippen LogP contribution in [0.2, 0.25) is 0 Å². The van der Waals surface area contributed by atoms with Crippen molar-refractivity contribution in [3.05, 3.63) is 9.81 Å². The molecule has 0 fully saturated rings. The standard InChI is InChI=1S/C3H4Cl2N2O2/c4-3(5)2(7-9)1-6-8/h2-3H,1H2. The van der Waals surface area contributed by atoms with E-state index < -0.39 is 10.9 Å². The first-order valence-corrected chi connectivity index (χ1v) is 2.99. The monoisotopic (exact) mass is 170 g/mol. The lowest BCUT2D eigenvalue weighted by atomic mass is 10.4. The van der Waals surface area contributed by atoms with Gasteiger partial charge in [-0.1, -0.05) is 10.4 Å². The fourth-order valence-corrected chi connectivity index (χ4v) is 0.487. The Hall–Kier alpha value is -0.220. The smallest absolute Gasteiger partial charge is 0.145 e. The molecule has 1 atom stereocenters. The average molecular weight is 171 g/mol. The summed E-state index contributed by atoms with van der Waals surface area (Å²) in [5.74, 6) is 0. The van der Waals surface area contributed by atoms with Gasteiger partial charge in [-0.25, -0.2) is 0 Å². The minimum Gasteiger partial charge on any atom is -0.151 e. The van der Waals surface area contributed by atoms with Crippen molar-refractivity contribution < 1.29 is 0 Å². The molecule has 0 amide bonds. The van der Waals surface area contributed by atoms with Crippen LogP contribution in [0.25, 0.3) is 0 Å². The van der Waals surface area contributed by atoms with E-state index in [4.69, 9.17) is 23.2 Å². The van der Waals surface area contributed by atoms with Crippen LogP contribution in [0.15, 0.2) is 10.4 Å². The van der Waals surface area contributed by atoms with Gasteiger partial charge in [-0.2, -0.15) is 9.81 Å². The minimum atomic E-state index is -0.944. The molecule has 0 saturated heterocycles. The molecule has 0 rings (SSSR count). The van der Waals surface area contributed by atoms with Gasteiger partial charge in [0.1, 0.15) is 17.4 Å². The summed E-state index contributed by atoms with van der Waals surface area (Å²) < 4.78 is 0. The van der Waals surface area contributed by atoms with E-state index in [1.54, 1.807) is 0 Å². The highest BCUT2D eigenvalue weighted by molar-refractivity contribution is 6.44. The predicted molar refractivity (Wildman–Crippen MR) is 35.7 cm³/mol. The Morgan fingerprint density at radius 3 is 2.00 bits per heavy atom. The van der Waals surface area contributed by atoms with Gasteiger partial charge in [0.05, 0.1) is 0 Å². The Balaban J connectivity index is 3.66. The van der Waals surface area contributed by atoms with Gasteiger partial charge in [-0.05, 0) is 0 Å². The van der Waals surface area contributed by atoms with E-state index in [0.717, 1.165) is 0 Å². The predicted octanol–water partition coefficient (Wildman–Crippen LogP) is 1.69. The third kappa shape index (κ3) is 3.37. The Kier molecular flexibility index (Phi) is 4.53. The van der Waals surface area contributed by atoms with E-state index in [1.807, 2.05) is 0 Å². The van der Waals surface area contributed by atoms with Crippen LogP contribution >= 0.6 is 23.2 Å². The summed E-state index contributed by atoms with van der Waals surface area (Å²) in [4.78, 5) is 18.3. The molecule has 0 heterocycles. The van der Waals surface area contributed by atoms with Crippen molar-refractivity contribution in [2.75, 3.05) is 6.54 Å². The number of hydrogen-bond acceptors (Lipinski definition) is 4. The van der Waals surface area contributed by atoms with Gasteiger partial charge in [-0.15, -0.1) is 23.2 Å². The summed E-state index contributed by atoms with van der Waals surface area (Å²) in [6, 6.07) is -0.911. The summed E-state index contributed by atoms with van der Waals surface area (Å²) >= 11 is 10.4. The number of nitroso groups, excluding NO2 is 2. The van der Waals surface area contributed by atoms with E-state index in [9.17, 15) is 9.81 Å². The molecule has 52 valence electrons. The molecule has 0 aromatic carbocycles. The lowest BCUT2D eigenvalue weighted by Gasteiger charge is -2.01. The molecule has 1 unspecified atom stereocenters. The average Bonchev–Trinajstić information content (AvgIpc) is 1.82. The summed E-state index contributed by atoms with van der Waals surface area (Å²) in [5.41, 5.74) is 0. The first-order valence-electron chi connectivity index (χ1n) is 2.12. The van der Waals surface area contributed by atoms with E-state index in [-0.39, 0.29) is 6.54 Å². The van der Waals surface area contributed by atoms with Gasteiger partial charge in [0.25, 0.3) is 0 Å². The van der Waals surface area contributed by atoms with Crippen LogP contribution in [-0.4, -0.2) is 17.4 Å². The number of rotatable bonds is 4. The molecule has 4 nitrogen and oxygen atoms in total. The molecule has 0 spiro atoms. The molecule has 0 aromatic rings. The molecular formula is C3H4Cl2N2O2. The Labute approximate surface area is 61.5 Å². The van der Waals surface area contributed by atoms with Crippen LogP contribution in [-0.2, 0) is 0 Å². The fraction of sp³-hybridized carbons (Fsp3) is 1.00. The largest absolute Gasteiger partial charge is 0.151 e. The highest BCUT2D eigenvalue weighted by atomic mass is 35.5. The molecular weight excluding hydrogens is 167 g/mol. The van der Waals surface area contributed by atoms with Crippen molar-refractivity contribution >= 4 is 23.2 Å². The minimum absolute atomic E-state index is 0.263. The zero-order chi connectivity index (χ0) is 7.28. The zero-order valence-electron chi connectivity index (χ0n) is 4.33. The van der Waals surface area contributed by atoms with Gasteiger partial charge in [0.15, 0.2) is 0 Å². The quantitative estimate of drug-likeness (QED) is 0.477. The number of nitrogens with zero attached hydrogens (tertiary/aromatic N) is 2. The fourth-order valence-electron chi connectivity index (χ4n) is 0.235. The van der Waals surface area contributed by atoms with E-state index >= 15 is 0 Å². The normalized spacial score (nSPS) is 13.2. The lowest BCUT2D eigenvalue weighted by molar-refractivity contribution is 0.724. The molecule has 0 radical (unpaired) electrons. The van der Waals surface area contributed by atoms with Crippen molar-refractivity contribution in [2.24, 2.45) is 10.4 Å². The Morgan fingerprint density at radius 1 is 1.33 bits per heavy atom. The van der Waals surface area contributed by atoms with Crippen molar-refractivity contribution in [3.63, 3.8) is 0 Å². The number of hydrogen-bond donors (Lipinski definition) is 0. The molecule has 9 heavy (non-hydrogen) atoms. The van der Waals surface area contributed by atoms with Gasteiger partial charge < -0.3 is 0 Å². The van der Waals surface area contributed by atoms with Gasteiger partial charge in [0.2, 0.25) is 0 Å². The third-order valence-electron chi connectivity index (χ3n) is 0.688. The second-order valence-electron chi connectivity index (χ2n) is 1.32. The molecule has 0 aliphatic heterocycles. The maximum Gasteiger partial charge on any atom is 0.145 e. The lowest BCUT2D eigenvalue weighted by Crippen LogP contribution is -2.16. The van der Waals surface area contributed by atoms with E-state index in [0.29, 0.717) is 0 Å². The van der Waals surface area contributed by atoms with Crippen LogP contribution in [0.3, 0.4) is 0 Å². The van der Waals surface area contributed by atoms with Crippen molar-refractivity contribution in [1.29, 1.82) is 0 Å². The highest BCUT2D eigenvalue weighted by Crippen LogP contribution is 2.11. The maximum absolute atomic E-state index is 9.72. The SMILES string of the molecule is O=NCC(N=O)C(Cl)Cl. The van der Waals surface area contributed by atoms with E-state index in [1.165, 1.54) is 0 Å². The van der Waals surface area contributed by atoms with Crippen LogP contribution < -0.4 is 0 Å². The highest BCUT2D eigenvalue weighted by Gasteiger charge is 2.16. The Morgan fingerprint density at radius 2 is 1.89 bits per heavy atom. The number of alkyl halides is 2. The molecule has 0 bridgehead atoms. The second kappa shape index (κ2) is 4.64. The molecule has 0 aromatic heterocycles. The van der Waals surface area contributed by atoms with Crippen LogP contribution in [0.4, 0.5) is 0 Å². The summed E-state index contributed by atoms with van der Waals surface area (Å²) in [6.07, 6.45) is 0. The second-order valence-corrected chi connectivity index (χ2v) is 2.48. The molecule has 0 aliphatic rings. The van der Waals surface area contributed by atoms with Gasteiger partial charge >= 0.3 is 0 Å². The van der Waals surface area contributed by atoms with Gasteiger partial charge in [-0.3, -0.25) is 0 Å². The summed E-state index contributed by atoms with van der Waals surface area (Å²) in [7, 11) is 0. The summed E-state index contributed by atoms with van der Waals surface area (Å²) in [6.45, 7) is -0.263. The van der Waals surface area contributed by atoms with Crippen LogP contribution in [0, 0.1) is 9.81 Å².